The van der Waals surface area contributed by atoms with Gasteiger partial charge in [-0.2, -0.15) is 0 Å². The zero-order valence-corrected chi connectivity index (χ0v) is 12.6. The van der Waals surface area contributed by atoms with Crippen LogP contribution < -0.4 is 10.1 Å². The Kier molecular flexibility index (Phi) is 3.59. The number of furan rings is 1. The molecule has 0 amide bonds. The van der Waals surface area contributed by atoms with E-state index in [-0.39, 0.29) is 11.5 Å². The molecule has 19 heavy (non-hydrogen) atoms. The van der Waals surface area contributed by atoms with Gasteiger partial charge in [0.05, 0.1) is 13.2 Å². The van der Waals surface area contributed by atoms with Gasteiger partial charge in [-0.3, -0.25) is 0 Å². The van der Waals surface area contributed by atoms with Gasteiger partial charge in [-0.1, -0.05) is 20.8 Å². The Morgan fingerprint density at radius 1 is 1.21 bits per heavy atom. The van der Waals surface area contributed by atoms with Crippen LogP contribution in [-0.2, 0) is 5.41 Å². The number of fused-ring (bicyclic) bond motifs is 1. The number of ether oxygens (including phenoxy) is 1. The van der Waals surface area contributed by atoms with Crippen molar-refractivity contribution in [1.29, 1.82) is 0 Å². The van der Waals surface area contributed by atoms with E-state index in [1.807, 2.05) is 13.1 Å². The highest BCUT2D eigenvalue weighted by molar-refractivity contribution is 5.84. The molecular weight excluding hydrogens is 238 g/mol. The predicted molar refractivity (Wildman–Crippen MR) is 78.9 cm³/mol. The van der Waals surface area contributed by atoms with Crippen LogP contribution in [0.15, 0.2) is 22.6 Å². The molecule has 0 bridgehead atoms. The lowest BCUT2D eigenvalue weighted by Gasteiger charge is -2.20. The summed E-state index contributed by atoms with van der Waals surface area (Å²) < 4.78 is 11.5. The Bertz CT molecular complexity index is 578. The molecule has 0 aliphatic rings. The average molecular weight is 261 g/mol. The minimum absolute atomic E-state index is 0.0186. The maximum atomic E-state index is 6.06. The summed E-state index contributed by atoms with van der Waals surface area (Å²) in [6, 6.07) is 6.39. The van der Waals surface area contributed by atoms with Crippen LogP contribution in [-0.4, -0.2) is 14.2 Å². The van der Waals surface area contributed by atoms with E-state index in [1.165, 1.54) is 5.56 Å². The minimum atomic E-state index is 0.0186. The third-order valence-electron chi connectivity index (χ3n) is 3.51. The van der Waals surface area contributed by atoms with E-state index in [0.717, 1.165) is 22.5 Å². The highest BCUT2D eigenvalue weighted by Crippen LogP contribution is 2.36. The normalized spacial score (nSPS) is 13.8. The highest BCUT2D eigenvalue weighted by atomic mass is 16.5. The first-order valence-electron chi connectivity index (χ1n) is 6.66. The second-order valence-electron chi connectivity index (χ2n) is 6.00. The van der Waals surface area contributed by atoms with Crippen LogP contribution >= 0.6 is 0 Å². The molecule has 1 atom stereocenters. The molecule has 1 aromatic heterocycles. The van der Waals surface area contributed by atoms with Crippen molar-refractivity contribution in [2.75, 3.05) is 14.2 Å². The Balaban J connectivity index is 2.68. The van der Waals surface area contributed by atoms with Crippen LogP contribution in [0.4, 0.5) is 0 Å². The summed E-state index contributed by atoms with van der Waals surface area (Å²) in [5.74, 6) is 1.83. The molecule has 2 aromatic rings. The quantitative estimate of drug-likeness (QED) is 0.906. The van der Waals surface area contributed by atoms with Crippen molar-refractivity contribution in [2.24, 2.45) is 0 Å². The molecule has 1 heterocycles. The zero-order chi connectivity index (χ0) is 14.2. The summed E-state index contributed by atoms with van der Waals surface area (Å²) in [4.78, 5) is 0. The van der Waals surface area contributed by atoms with Gasteiger partial charge in [0.1, 0.15) is 17.1 Å². The van der Waals surface area contributed by atoms with E-state index in [9.17, 15) is 0 Å². The molecule has 1 N–H and O–H groups in total. The van der Waals surface area contributed by atoms with Gasteiger partial charge in [-0.25, -0.2) is 0 Å². The van der Waals surface area contributed by atoms with Gasteiger partial charge in [0.15, 0.2) is 0 Å². The summed E-state index contributed by atoms with van der Waals surface area (Å²) in [6.45, 7) is 8.65. The summed E-state index contributed by atoms with van der Waals surface area (Å²) in [6.07, 6.45) is 0. The van der Waals surface area contributed by atoms with E-state index in [2.05, 4.69) is 45.1 Å². The molecule has 0 saturated carbocycles. The summed E-state index contributed by atoms with van der Waals surface area (Å²) in [7, 11) is 3.63. The molecular formula is C16H23NO2. The first kappa shape index (κ1) is 13.9. The van der Waals surface area contributed by atoms with Crippen LogP contribution in [0, 0.1) is 0 Å². The number of methoxy groups -OCH3 is 1. The first-order chi connectivity index (χ1) is 8.86. The average Bonchev–Trinajstić information content (AvgIpc) is 2.78. The first-order valence-corrected chi connectivity index (χ1v) is 6.66. The second-order valence-corrected chi connectivity index (χ2v) is 6.00. The Labute approximate surface area is 114 Å². The van der Waals surface area contributed by atoms with Crippen LogP contribution in [0.1, 0.15) is 45.1 Å². The lowest BCUT2D eigenvalue weighted by molar-refractivity contribution is 0.412. The number of hydrogen-bond donors (Lipinski definition) is 1. The van der Waals surface area contributed by atoms with E-state index in [0.29, 0.717) is 0 Å². The number of rotatable bonds is 3. The molecule has 0 spiro atoms. The van der Waals surface area contributed by atoms with Gasteiger partial charge < -0.3 is 14.5 Å². The van der Waals surface area contributed by atoms with Crippen molar-refractivity contribution in [3.63, 3.8) is 0 Å². The van der Waals surface area contributed by atoms with Crippen LogP contribution in [0.2, 0.25) is 0 Å². The Morgan fingerprint density at radius 2 is 1.89 bits per heavy atom. The fourth-order valence-corrected chi connectivity index (χ4v) is 2.18. The summed E-state index contributed by atoms with van der Waals surface area (Å²) in [5, 5.41) is 4.30. The fraction of sp³-hybridized carbons (Fsp3) is 0.500. The topological polar surface area (TPSA) is 34.4 Å². The van der Waals surface area contributed by atoms with E-state index < -0.39 is 0 Å². The molecule has 0 saturated heterocycles. The van der Waals surface area contributed by atoms with Gasteiger partial charge in [0, 0.05) is 10.9 Å². The lowest BCUT2D eigenvalue weighted by Crippen LogP contribution is -2.12. The molecule has 3 heteroatoms. The van der Waals surface area contributed by atoms with Gasteiger partial charge in [-0.15, -0.1) is 0 Å². The molecule has 1 aromatic carbocycles. The number of benzene rings is 1. The third-order valence-corrected chi connectivity index (χ3v) is 3.51. The lowest BCUT2D eigenvalue weighted by atomic mass is 9.86. The third kappa shape index (κ3) is 2.61. The summed E-state index contributed by atoms with van der Waals surface area (Å²) >= 11 is 0. The van der Waals surface area contributed by atoms with Crippen molar-refractivity contribution in [2.45, 2.75) is 39.2 Å². The molecule has 0 fully saturated rings. The van der Waals surface area contributed by atoms with Crippen molar-refractivity contribution < 1.29 is 9.15 Å². The second kappa shape index (κ2) is 4.89. The zero-order valence-electron chi connectivity index (χ0n) is 12.6. The van der Waals surface area contributed by atoms with Crippen molar-refractivity contribution >= 4 is 11.0 Å². The molecule has 0 aliphatic heterocycles. The monoisotopic (exact) mass is 261 g/mol. The Morgan fingerprint density at radius 3 is 2.42 bits per heavy atom. The Hall–Kier alpha value is -1.48. The summed E-state index contributed by atoms with van der Waals surface area (Å²) in [5.41, 5.74) is 2.16. The predicted octanol–water partition coefficient (Wildman–Crippen LogP) is 4.02. The molecule has 0 aliphatic carbocycles. The highest BCUT2D eigenvalue weighted by Gasteiger charge is 2.22. The largest absolute Gasteiger partial charge is 0.497 e. The van der Waals surface area contributed by atoms with Gasteiger partial charge in [-0.05, 0) is 37.6 Å². The molecule has 0 radical (unpaired) electrons. The molecule has 104 valence electrons. The smallest absolute Gasteiger partial charge is 0.138 e. The van der Waals surface area contributed by atoms with Crippen molar-refractivity contribution in [3.05, 3.63) is 29.5 Å². The number of nitrogens with one attached hydrogen (secondary N) is 1. The van der Waals surface area contributed by atoms with Crippen molar-refractivity contribution in [1.82, 2.24) is 5.32 Å². The molecule has 1 unspecified atom stereocenters. The standard InChI is InChI=1S/C16H23NO2/c1-10(17-5)14-8-11-7-12(18-6)9-13(15(11)19-14)16(2,3)4/h7-10,17H,1-6H3. The minimum Gasteiger partial charge on any atom is -0.497 e. The van der Waals surface area contributed by atoms with Crippen LogP contribution in [0.3, 0.4) is 0 Å². The number of hydrogen-bond acceptors (Lipinski definition) is 3. The maximum Gasteiger partial charge on any atom is 0.138 e. The van der Waals surface area contributed by atoms with Gasteiger partial charge >= 0.3 is 0 Å². The van der Waals surface area contributed by atoms with Crippen LogP contribution in [0.25, 0.3) is 11.0 Å². The SMILES string of the molecule is CNC(C)c1cc2cc(OC)cc(C(C)(C)C)c2o1. The van der Waals surface area contributed by atoms with Crippen molar-refractivity contribution in [3.8, 4) is 5.75 Å². The van der Waals surface area contributed by atoms with E-state index in [1.54, 1.807) is 7.11 Å². The maximum absolute atomic E-state index is 6.06. The van der Waals surface area contributed by atoms with E-state index in [4.69, 9.17) is 9.15 Å². The van der Waals surface area contributed by atoms with Gasteiger partial charge in [0.2, 0.25) is 0 Å². The van der Waals surface area contributed by atoms with Gasteiger partial charge in [0.25, 0.3) is 0 Å². The van der Waals surface area contributed by atoms with E-state index >= 15 is 0 Å². The molecule has 3 nitrogen and oxygen atoms in total. The van der Waals surface area contributed by atoms with Crippen LogP contribution in [0.5, 0.6) is 5.75 Å². The molecule has 2 rings (SSSR count). The fourth-order valence-electron chi connectivity index (χ4n) is 2.18.